The Kier molecular flexibility index (Phi) is 4.80. The average molecular weight is 524 g/mol. The number of rotatable bonds is 5. The third-order valence-corrected chi connectivity index (χ3v) is 6.82. The van der Waals surface area contributed by atoms with Crippen LogP contribution < -0.4 is 16.3 Å². The highest BCUT2D eigenvalue weighted by molar-refractivity contribution is 5.79. The molecule has 0 bridgehead atoms. The van der Waals surface area contributed by atoms with Gasteiger partial charge in [0.05, 0.1) is 41.8 Å². The first-order chi connectivity index (χ1) is 19.5. The summed E-state index contributed by atoms with van der Waals surface area (Å²) in [6.45, 7) is -2.64. The number of hydrogen-bond donors (Lipinski definition) is 2. The summed E-state index contributed by atoms with van der Waals surface area (Å²) in [4.78, 5) is 33.5. The molecular formula is C24H25FN10O3. The molecule has 14 heteroatoms. The molecule has 1 saturated carbocycles. The summed E-state index contributed by atoms with van der Waals surface area (Å²) in [6.07, 6.45) is 5.55. The van der Waals surface area contributed by atoms with Crippen molar-refractivity contribution in [1.82, 2.24) is 43.8 Å². The maximum Gasteiger partial charge on any atom is 0.407 e. The Balaban J connectivity index is 1.32. The fourth-order valence-corrected chi connectivity index (χ4v) is 5.01. The van der Waals surface area contributed by atoms with Crippen LogP contribution in [0, 0.1) is 5.95 Å². The van der Waals surface area contributed by atoms with Crippen molar-refractivity contribution in [3.63, 3.8) is 0 Å². The number of pyridine rings is 1. The zero-order chi connectivity index (χ0) is 29.1. The van der Waals surface area contributed by atoms with E-state index < -0.39 is 19.0 Å². The molecule has 0 radical (unpaired) electrons. The zero-order valence-corrected chi connectivity index (χ0v) is 20.4. The number of ether oxygens (including phenoxy) is 1. The van der Waals surface area contributed by atoms with Gasteiger partial charge in [-0.15, -0.1) is 10.2 Å². The van der Waals surface area contributed by atoms with Crippen molar-refractivity contribution in [2.45, 2.75) is 31.3 Å². The molecule has 38 heavy (non-hydrogen) atoms. The summed E-state index contributed by atoms with van der Waals surface area (Å²) in [5, 5.41) is 13.9. The van der Waals surface area contributed by atoms with Gasteiger partial charge in [-0.25, -0.2) is 24.1 Å². The quantitative estimate of drug-likeness (QED) is 0.358. The van der Waals surface area contributed by atoms with Crippen molar-refractivity contribution in [2.24, 2.45) is 14.0 Å². The molecule has 2 N–H and O–H groups in total. The molecule has 5 heterocycles. The van der Waals surface area contributed by atoms with Crippen LogP contribution in [0.15, 0.2) is 41.6 Å². The number of amides is 1. The van der Waals surface area contributed by atoms with E-state index in [9.17, 15) is 14.0 Å². The topological polar surface area (TPSA) is 138 Å². The number of nitrogens with one attached hydrogen (secondary N) is 2. The maximum absolute atomic E-state index is 14.6. The summed E-state index contributed by atoms with van der Waals surface area (Å²) >= 11 is 0. The van der Waals surface area contributed by atoms with Gasteiger partial charge >= 0.3 is 11.8 Å². The smallest absolute Gasteiger partial charge is 0.407 e. The van der Waals surface area contributed by atoms with Gasteiger partial charge in [-0.1, -0.05) is 0 Å². The zero-order valence-electron chi connectivity index (χ0n) is 23.4. The highest BCUT2D eigenvalue weighted by Gasteiger charge is 2.30. The number of alkyl carbamates (subject to hydrolysis) is 1. The van der Waals surface area contributed by atoms with E-state index in [1.807, 2.05) is 0 Å². The van der Waals surface area contributed by atoms with Crippen LogP contribution >= 0.6 is 0 Å². The number of aryl methyl sites for hydroxylation is 2. The molecule has 6 rings (SSSR count). The first-order valence-electron chi connectivity index (χ1n) is 13.3. The minimum absolute atomic E-state index is 0.0670. The van der Waals surface area contributed by atoms with Gasteiger partial charge in [-0.3, -0.25) is 13.8 Å². The molecule has 196 valence electrons. The van der Waals surface area contributed by atoms with E-state index >= 15 is 0 Å². The summed E-state index contributed by atoms with van der Waals surface area (Å²) in [7, 11) is 2.99. The fraction of sp³-hybridized carbons (Fsp3) is 0.333. The maximum atomic E-state index is 14.6. The van der Waals surface area contributed by atoms with Crippen LogP contribution in [-0.2, 0) is 18.8 Å². The Bertz CT molecular complexity index is 1860. The van der Waals surface area contributed by atoms with Gasteiger partial charge in [-0.05, 0) is 31.4 Å². The number of carbonyl (C=O) groups is 1. The molecule has 1 amide bonds. The molecule has 1 fully saturated rings. The van der Waals surface area contributed by atoms with E-state index in [0.717, 1.165) is 6.20 Å². The lowest BCUT2D eigenvalue weighted by Gasteiger charge is -2.14. The van der Waals surface area contributed by atoms with E-state index in [1.165, 1.54) is 22.4 Å². The van der Waals surface area contributed by atoms with Crippen molar-refractivity contribution in [3.8, 4) is 11.3 Å². The van der Waals surface area contributed by atoms with Crippen LogP contribution in [0.25, 0.3) is 27.9 Å². The van der Waals surface area contributed by atoms with Crippen molar-refractivity contribution in [3.05, 3.63) is 53.2 Å². The SMILES string of the molecule is [2H]C([2H])([2H])n1cc(-c2cnc3ccc(Nc4cc5c(cn4)n(C)c(=O)n5[C@@H]4CC[C@@H](NC(=O)OC)C4)nn23)c(F)n1. The van der Waals surface area contributed by atoms with Crippen LogP contribution in [0.4, 0.5) is 20.8 Å². The third-order valence-electron chi connectivity index (χ3n) is 6.82. The standard InChI is InChI=1S/C24H25FN10O3/c1-32-12-15(22(25)31-32)17-10-27-21-7-6-19(30-35(17)21)29-20-9-16-18(11-26-20)33(2)24(37)34(16)14-5-4-13(8-14)28-23(36)38-3/h6-7,9-14H,4-5,8H2,1-3H3,(H,28,36)(H,26,29,30)/t13-,14-/m1/s1/i1D3. The molecule has 13 nitrogen and oxygen atoms in total. The molecule has 0 aromatic carbocycles. The van der Waals surface area contributed by atoms with Gasteiger partial charge in [0.15, 0.2) is 11.5 Å². The van der Waals surface area contributed by atoms with E-state index in [4.69, 9.17) is 8.85 Å². The molecule has 5 aromatic heterocycles. The number of halogens is 1. The Morgan fingerprint density at radius 1 is 1.18 bits per heavy atom. The molecule has 0 saturated heterocycles. The van der Waals surface area contributed by atoms with Crippen LogP contribution in [0.1, 0.15) is 29.4 Å². The Morgan fingerprint density at radius 3 is 2.84 bits per heavy atom. The molecule has 5 aromatic rings. The first-order valence-corrected chi connectivity index (χ1v) is 11.8. The lowest BCUT2D eigenvalue weighted by atomic mass is 10.2. The summed E-state index contributed by atoms with van der Waals surface area (Å²) < 4.78 is 47.0. The number of methoxy groups -OCH3 is 1. The average Bonchev–Trinajstić information content (AvgIpc) is 3.70. The Morgan fingerprint density at radius 2 is 2.05 bits per heavy atom. The summed E-state index contributed by atoms with van der Waals surface area (Å²) in [5.74, 6) is -0.206. The van der Waals surface area contributed by atoms with E-state index in [2.05, 4.69) is 30.8 Å². The third kappa shape index (κ3) is 3.93. The minimum Gasteiger partial charge on any atom is -0.453 e. The van der Waals surface area contributed by atoms with Crippen molar-refractivity contribution in [1.29, 1.82) is 0 Å². The second-order valence-electron chi connectivity index (χ2n) is 9.10. The molecule has 0 aliphatic heterocycles. The predicted octanol–water partition coefficient (Wildman–Crippen LogP) is 2.51. The van der Waals surface area contributed by atoms with Crippen molar-refractivity contribution < 1.29 is 18.0 Å². The molecule has 0 unspecified atom stereocenters. The second-order valence-corrected chi connectivity index (χ2v) is 9.10. The monoisotopic (exact) mass is 523 g/mol. The minimum atomic E-state index is -2.64. The normalized spacial score (nSPS) is 18.9. The number of anilines is 2. The van der Waals surface area contributed by atoms with Gasteiger partial charge in [-0.2, -0.15) is 4.39 Å². The Labute approximate surface area is 219 Å². The molecular weight excluding hydrogens is 495 g/mol. The van der Waals surface area contributed by atoms with Crippen LogP contribution in [0.2, 0.25) is 0 Å². The number of imidazole rings is 2. The van der Waals surface area contributed by atoms with Gasteiger partial charge in [0, 0.05) is 42.5 Å². The van der Waals surface area contributed by atoms with Gasteiger partial charge in [0.25, 0.3) is 0 Å². The molecule has 0 spiro atoms. The van der Waals surface area contributed by atoms with Crippen molar-refractivity contribution in [2.75, 3.05) is 12.4 Å². The van der Waals surface area contributed by atoms with Crippen molar-refractivity contribution >= 4 is 34.4 Å². The second kappa shape index (κ2) is 8.97. The lowest BCUT2D eigenvalue weighted by molar-refractivity contribution is 0.166. The lowest BCUT2D eigenvalue weighted by Crippen LogP contribution is -2.33. The van der Waals surface area contributed by atoms with Crippen LogP contribution in [-0.4, -0.2) is 57.7 Å². The van der Waals surface area contributed by atoms with Gasteiger partial charge < -0.3 is 15.4 Å². The van der Waals surface area contributed by atoms with E-state index in [1.54, 1.807) is 36.0 Å². The molecule has 1 aliphatic carbocycles. The van der Waals surface area contributed by atoms with Gasteiger partial charge in [0.1, 0.15) is 5.82 Å². The van der Waals surface area contributed by atoms with E-state index in [0.29, 0.717) is 52.3 Å². The highest BCUT2D eigenvalue weighted by atomic mass is 19.1. The molecule has 1 aliphatic rings. The number of hydrogen-bond acceptors (Lipinski definition) is 8. The number of fused-ring (bicyclic) bond motifs is 2. The highest BCUT2D eigenvalue weighted by Crippen LogP contribution is 2.32. The fourth-order valence-electron chi connectivity index (χ4n) is 5.01. The first kappa shape index (κ1) is 20.3. The largest absolute Gasteiger partial charge is 0.453 e. The van der Waals surface area contributed by atoms with Gasteiger partial charge in [0.2, 0.25) is 5.95 Å². The number of aromatic nitrogens is 8. The van der Waals surface area contributed by atoms with E-state index in [-0.39, 0.29) is 29.0 Å². The predicted molar refractivity (Wildman–Crippen MR) is 136 cm³/mol. The van der Waals surface area contributed by atoms with Crippen LogP contribution in [0.3, 0.4) is 0 Å². The summed E-state index contributed by atoms with van der Waals surface area (Å²) in [5.41, 5.74) is 1.68. The van der Waals surface area contributed by atoms with Crippen LogP contribution in [0.5, 0.6) is 0 Å². The Hall–Kier alpha value is -4.75. The molecule has 2 atom stereocenters. The number of nitrogens with zero attached hydrogens (tertiary/aromatic N) is 8. The summed E-state index contributed by atoms with van der Waals surface area (Å²) in [6, 6.07) is 4.84. The number of carbonyl (C=O) groups excluding carboxylic acids is 1.